The van der Waals surface area contributed by atoms with Gasteiger partial charge < -0.3 is 4.74 Å². The Labute approximate surface area is 90.2 Å². The van der Waals surface area contributed by atoms with Gasteiger partial charge in [0.15, 0.2) is 5.78 Å². The van der Waals surface area contributed by atoms with Crippen LogP contribution in [-0.2, 0) is 29.4 Å². The molecule has 4 heteroatoms. The number of Topliss-reactive ketones (excluding diaryl/α,β-unsaturated/α-hetero) is 1. The molecule has 0 N–H and O–H groups in total. The Morgan fingerprint density at radius 1 is 1.53 bits per heavy atom. The molecule has 84 valence electrons. The minimum Gasteiger partial charge on any atom is -0.374 e. The third-order valence-electron chi connectivity index (χ3n) is 2.24. The van der Waals surface area contributed by atoms with Gasteiger partial charge in [-0.25, -0.2) is 0 Å². The second-order valence-electron chi connectivity index (χ2n) is 3.46. The number of carbonyl (C=O) groups excluding carboxylic acids is 1. The Morgan fingerprint density at radius 3 is 2.80 bits per heavy atom. The Kier molecular flexibility index (Phi) is 4.49. The number of hydrogen-bond donors (Lipinski definition) is 0. The molecule has 1 heterocycles. The number of ketones is 1. The van der Waals surface area contributed by atoms with Gasteiger partial charge in [-0.05, 0) is 19.4 Å². The van der Waals surface area contributed by atoms with E-state index in [1.807, 2.05) is 27.0 Å². The maximum absolute atomic E-state index is 11.5. The van der Waals surface area contributed by atoms with Crippen LogP contribution in [-0.4, -0.2) is 28.8 Å². The highest BCUT2D eigenvalue weighted by Crippen LogP contribution is 2.05. The summed E-state index contributed by atoms with van der Waals surface area (Å²) >= 11 is 0. The molecule has 0 fully saturated rings. The smallest absolute Gasteiger partial charge is 0.164 e. The van der Waals surface area contributed by atoms with Crippen molar-refractivity contribution in [1.29, 1.82) is 0 Å². The molecule has 1 aromatic heterocycles. The predicted octanol–water partition coefficient (Wildman–Crippen LogP) is 1.13. The Hall–Kier alpha value is -1.16. The maximum atomic E-state index is 11.5. The first-order valence-corrected chi connectivity index (χ1v) is 5.28. The van der Waals surface area contributed by atoms with Crippen LogP contribution in [0.15, 0.2) is 6.07 Å². The van der Waals surface area contributed by atoms with Gasteiger partial charge in [0.25, 0.3) is 0 Å². The average molecular weight is 210 g/mol. The summed E-state index contributed by atoms with van der Waals surface area (Å²) in [5, 5.41) is 4.29. The molecule has 4 nitrogen and oxygen atoms in total. The van der Waals surface area contributed by atoms with E-state index in [1.54, 1.807) is 4.68 Å². The zero-order valence-corrected chi connectivity index (χ0v) is 9.62. The molecule has 0 saturated heterocycles. The van der Waals surface area contributed by atoms with Gasteiger partial charge in [-0.2, -0.15) is 5.10 Å². The number of ether oxygens (including phenoxy) is 1. The zero-order chi connectivity index (χ0) is 11.3. The monoisotopic (exact) mass is 210 g/mol. The van der Waals surface area contributed by atoms with Crippen LogP contribution in [0, 0.1) is 0 Å². The molecule has 0 aliphatic carbocycles. The molecular formula is C11H18N2O2. The minimum atomic E-state index is 0.0995. The van der Waals surface area contributed by atoms with Crippen molar-refractivity contribution in [2.75, 3.05) is 13.2 Å². The van der Waals surface area contributed by atoms with E-state index >= 15 is 0 Å². The summed E-state index contributed by atoms with van der Waals surface area (Å²) in [5.41, 5.74) is 1.98. The summed E-state index contributed by atoms with van der Waals surface area (Å²) < 4.78 is 6.83. The van der Waals surface area contributed by atoms with Crippen molar-refractivity contribution in [2.45, 2.75) is 26.7 Å². The lowest BCUT2D eigenvalue weighted by molar-refractivity contribution is -0.122. The summed E-state index contributed by atoms with van der Waals surface area (Å²) in [6, 6.07) is 1.98. The van der Waals surface area contributed by atoms with E-state index in [0.717, 1.165) is 17.8 Å². The van der Waals surface area contributed by atoms with Gasteiger partial charge >= 0.3 is 0 Å². The van der Waals surface area contributed by atoms with Crippen molar-refractivity contribution >= 4 is 5.78 Å². The Bertz CT molecular complexity index is 331. The molecule has 0 bridgehead atoms. The fraction of sp³-hybridized carbons (Fsp3) is 0.636. The molecule has 0 aromatic carbocycles. The van der Waals surface area contributed by atoms with Gasteiger partial charge in [0.05, 0.1) is 12.1 Å². The topological polar surface area (TPSA) is 44.1 Å². The lowest BCUT2D eigenvalue weighted by Crippen LogP contribution is -2.13. The number of carbonyl (C=O) groups is 1. The van der Waals surface area contributed by atoms with Crippen molar-refractivity contribution in [3.63, 3.8) is 0 Å². The van der Waals surface area contributed by atoms with Gasteiger partial charge in [-0.1, -0.05) is 6.92 Å². The molecule has 0 aliphatic rings. The number of aryl methyl sites for hydroxylation is 2. The van der Waals surface area contributed by atoms with Crippen LogP contribution < -0.4 is 0 Å². The van der Waals surface area contributed by atoms with Crippen LogP contribution in [0.5, 0.6) is 0 Å². The van der Waals surface area contributed by atoms with Crippen molar-refractivity contribution in [1.82, 2.24) is 9.78 Å². The summed E-state index contributed by atoms with van der Waals surface area (Å²) in [6.45, 7) is 4.71. The van der Waals surface area contributed by atoms with Crippen molar-refractivity contribution in [2.24, 2.45) is 7.05 Å². The van der Waals surface area contributed by atoms with E-state index in [9.17, 15) is 4.79 Å². The fourth-order valence-corrected chi connectivity index (χ4v) is 1.38. The molecule has 0 saturated carbocycles. The van der Waals surface area contributed by atoms with Gasteiger partial charge in [0, 0.05) is 19.3 Å². The standard InChI is InChI=1S/C11H18N2O2/c1-4-9-6-10(13(3)12-9)7-11(14)8-15-5-2/h6H,4-5,7-8H2,1-3H3. The maximum Gasteiger partial charge on any atom is 0.164 e. The van der Waals surface area contributed by atoms with Gasteiger partial charge in [-0.15, -0.1) is 0 Å². The van der Waals surface area contributed by atoms with Gasteiger partial charge in [0.2, 0.25) is 0 Å². The van der Waals surface area contributed by atoms with E-state index in [4.69, 9.17) is 4.74 Å². The first-order chi connectivity index (χ1) is 7.17. The Balaban J connectivity index is 2.55. The zero-order valence-electron chi connectivity index (χ0n) is 9.62. The number of nitrogens with zero attached hydrogens (tertiary/aromatic N) is 2. The van der Waals surface area contributed by atoms with Crippen LogP contribution in [0.1, 0.15) is 25.2 Å². The quantitative estimate of drug-likeness (QED) is 0.707. The van der Waals surface area contributed by atoms with Crippen LogP contribution in [0.3, 0.4) is 0 Å². The first-order valence-electron chi connectivity index (χ1n) is 5.28. The SMILES string of the molecule is CCOCC(=O)Cc1cc(CC)nn1C. The molecule has 0 radical (unpaired) electrons. The lowest BCUT2D eigenvalue weighted by atomic mass is 10.2. The number of aromatic nitrogens is 2. The highest BCUT2D eigenvalue weighted by Gasteiger charge is 2.08. The molecule has 0 spiro atoms. The first kappa shape index (κ1) is 11.9. The third kappa shape index (κ3) is 3.47. The van der Waals surface area contributed by atoms with Gasteiger partial charge in [0.1, 0.15) is 6.61 Å². The van der Waals surface area contributed by atoms with E-state index in [-0.39, 0.29) is 12.4 Å². The Morgan fingerprint density at radius 2 is 2.27 bits per heavy atom. The molecular weight excluding hydrogens is 192 g/mol. The number of hydrogen-bond acceptors (Lipinski definition) is 3. The molecule has 0 atom stereocenters. The van der Waals surface area contributed by atoms with Crippen LogP contribution in [0.4, 0.5) is 0 Å². The molecule has 0 unspecified atom stereocenters. The van der Waals surface area contributed by atoms with E-state index in [0.29, 0.717) is 13.0 Å². The molecule has 0 aliphatic heterocycles. The van der Waals surface area contributed by atoms with E-state index in [1.165, 1.54) is 0 Å². The second kappa shape index (κ2) is 5.66. The average Bonchev–Trinajstić information content (AvgIpc) is 2.57. The summed E-state index contributed by atoms with van der Waals surface area (Å²) in [7, 11) is 1.86. The van der Waals surface area contributed by atoms with Crippen molar-refractivity contribution in [3.8, 4) is 0 Å². The lowest BCUT2D eigenvalue weighted by Gasteiger charge is -2.01. The van der Waals surface area contributed by atoms with E-state index < -0.39 is 0 Å². The second-order valence-corrected chi connectivity index (χ2v) is 3.46. The molecule has 0 amide bonds. The third-order valence-corrected chi connectivity index (χ3v) is 2.24. The summed E-state index contributed by atoms with van der Waals surface area (Å²) in [5.74, 6) is 0.0995. The van der Waals surface area contributed by atoms with Crippen LogP contribution in [0.2, 0.25) is 0 Å². The molecule has 1 aromatic rings. The summed E-state index contributed by atoms with van der Waals surface area (Å²) in [4.78, 5) is 11.5. The van der Waals surface area contributed by atoms with Crippen LogP contribution >= 0.6 is 0 Å². The number of rotatable bonds is 6. The summed E-state index contributed by atoms with van der Waals surface area (Å²) in [6.07, 6.45) is 1.30. The van der Waals surface area contributed by atoms with Gasteiger partial charge in [-0.3, -0.25) is 9.48 Å². The van der Waals surface area contributed by atoms with E-state index in [2.05, 4.69) is 5.10 Å². The predicted molar refractivity (Wildman–Crippen MR) is 57.8 cm³/mol. The molecule has 15 heavy (non-hydrogen) atoms. The highest BCUT2D eigenvalue weighted by atomic mass is 16.5. The van der Waals surface area contributed by atoms with Crippen LogP contribution in [0.25, 0.3) is 0 Å². The largest absolute Gasteiger partial charge is 0.374 e. The highest BCUT2D eigenvalue weighted by molar-refractivity contribution is 5.81. The van der Waals surface area contributed by atoms with Crippen molar-refractivity contribution < 1.29 is 9.53 Å². The van der Waals surface area contributed by atoms with Crippen molar-refractivity contribution in [3.05, 3.63) is 17.5 Å². The normalized spacial score (nSPS) is 10.6. The minimum absolute atomic E-state index is 0.0995. The molecule has 1 rings (SSSR count). The fourth-order valence-electron chi connectivity index (χ4n) is 1.38.